The molecule has 0 saturated carbocycles. The highest BCUT2D eigenvalue weighted by Gasteiger charge is 2.01. The molecule has 0 unspecified atom stereocenters. The second-order valence-electron chi connectivity index (χ2n) is 4.23. The Balaban J connectivity index is 1.79. The van der Waals surface area contributed by atoms with Crippen LogP contribution < -0.4 is 4.74 Å². The van der Waals surface area contributed by atoms with Crippen molar-refractivity contribution in [3.8, 4) is 5.75 Å². The lowest BCUT2D eigenvalue weighted by molar-refractivity contribution is 0.101. The predicted octanol–water partition coefficient (Wildman–Crippen LogP) is 4.82. The maximum Gasteiger partial charge on any atom is 0.159 e. The molecule has 2 rings (SSSR count). The lowest BCUT2D eigenvalue weighted by atomic mass is 10.2. The first kappa shape index (κ1) is 15.1. The average Bonchev–Trinajstić information content (AvgIpc) is 2.46. The molecular weight excluding hydrogens is 336 g/mol. The van der Waals surface area contributed by atoms with Gasteiger partial charge >= 0.3 is 0 Å². The van der Waals surface area contributed by atoms with Crippen molar-refractivity contribution >= 4 is 33.5 Å². The van der Waals surface area contributed by atoms with Gasteiger partial charge in [0, 0.05) is 20.7 Å². The fraction of sp³-hybridized carbons (Fsp3) is 0.188. The van der Waals surface area contributed by atoms with E-state index >= 15 is 0 Å². The molecule has 104 valence electrons. The monoisotopic (exact) mass is 350 g/mol. The van der Waals surface area contributed by atoms with Crippen molar-refractivity contribution in [1.82, 2.24) is 0 Å². The zero-order valence-electron chi connectivity index (χ0n) is 11.1. The van der Waals surface area contributed by atoms with Gasteiger partial charge in [-0.2, -0.15) is 0 Å². The van der Waals surface area contributed by atoms with E-state index in [1.807, 2.05) is 48.5 Å². The van der Waals surface area contributed by atoms with Crippen LogP contribution in [0.5, 0.6) is 5.75 Å². The van der Waals surface area contributed by atoms with Crippen molar-refractivity contribution in [3.63, 3.8) is 0 Å². The molecule has 0 saturated heterocycles. The van der Waals surface area contributed by atoms with Gasteiger partial charge in [0.05, 0.1) is 6.61 Å². The Morgan fingerprint density at radius 1 is 1.20 bits per heavy atom. The Morgan fingerprint density at radius 3 is 2.65 bits per heavy atom. The van der Waals surface area contributed by atoms with Crippen LogP contribution in [0.2, 0.25) is 0 Å². The van der Waals surface area contributed by atoms with Gasteiger partial charge < -0.3 is 4.74 Å². The summed E-state index contributed by atoms with van der Waals surface area (Å²) in [5.74, 6) is 1.81. The van der Waals surface area contributed by atoms with E-state index in [1.165, 1.54) is 0 Å². The highest BCUT2D eigenvalue weighted by atomic mass is 79.9. The van der Waals surface area contributed by atoms with E-state index in [1.54, 1.807) is 18.7 Å². The highest BCUT2D eigenvalue weighted by molar-refractivity contribution is 9.10. The third-order valence-corrected chi connectivity index (χ3v) is 4.16. The minimum absolute atomic E-state index is 0.0959. The normalized spacial score (nSPS) is 10.3. The van der Waals surface area contributed by atoms with E-state index in [4.69, 9.17) is 4.74 Å². The van der Waals surface area contributed by atoms with Crippen LogP contribution in [-0.2, 0) is 0 Å². The molecule has 0 atom stereocenters. The molecule has 2 nitrogen and oxygen atoms in total. The molecule has 0 aromatic heterocycles. The first-order valence-corrected chi connectivity index (χ1v) is 8.05. The number of Topliss-reactive ketones (excluding diaryl/α,β-unsaturated/α-hetero) is 1. The first-order chi connectivity index (χ1) is 9.65. The van der Waals surface area contributed by atoms with Crippen LogP contribution in [0.25, 0.3) is 0 Å². The molecule has 0 amide bonds. The van der Waals surface area contributed by atoms with Gasteiger partial charge in [-0.1, -0.05) is 28.1 Å². The van der Waals surface area contributed by atoms with E-state index in [-0.39, 0.29) is 5.78 Å². The first-order valence-electron chi connectivity index (χ1n) is 6.27. The number of hydrogen-bond donors (Lipinski definition) is 0. The maximum absolute atomic E-state index is 11.3. The van der Waals surface area contributed by atoms with E-state index < -0.39 is 0 Å². The van der Waals surface area contributed by atoms with Gasteiger partial charge in [-0.05, 0) is 43.3 Å². The number of carbonyl (C=O) groups excluding carboxylic acids is 1. The molecule has 4 heteroatoms. The third kappa shape index (κ3) is 4.69. The predicted molar refractivity (Wildman–Crippen MR) is 86.8 cm³/mol. The summed E-state index contributed by atoms with van der Waals surface area (Å²) in [5, 5.41) is 0. The van der Waals surface area contributed by atoms with Gasteiger partial charge in [-0.3, -0.25) is 4.79 Å². The Bertz CT molecular complexity index is 581. The van der Waals surface area contributed by atoms with Gasteiger partial charge in [0.25, 0.3) is 0 Å². The summed E-state index contributed by atoms with van der Waals surface area (Å²) in [5.41, 5.74) is 0.754. The summed E-state index contributed by atoms with van der Waals surface area (Å²) in [6, 6.07) is 15.5. The standard InChI is InChI=1S/C16H15BrO2S/c1-12(18)13-3-2-4-16(11-13)20-10-9-19-15-7-5-14(17)6-8-15/h2-8,11H,9-10H2,1H3. The van der Waals surface area contributed by atoms with Crippen molar-refractivity contribution in [2.45, 2.75) is 11.8 Å². The number of benzene rings is 2. The summed E-state index contributed by atoms with van der Waals surface area (Å²) in [7, 11) is 0. The van der Waals surface area contributed by atoms with Crippen molar-refractivity contribution in [3.05, 3.63) is 58.6 Å². The van der Waals surface area contributed by atoms with Crippen molar-refractivity contribution < 1.29 is 9.53 Å². The lowest BCUT2D eigenvalue weighted by Crippen LogP contribution is -2.00. The summed E-state index contributed by atoms with van der Waals surface area (Å²) in [4.78, 5) is 12.4. The van der Waals surface area contributed by atoms with Crippen LogP contribution in [0.1, 0.15) is 17.3 Å². The topological polar surface area (TPSA) is 26.3 Å². The molecule has 20 heavy (non-hydrogen) atoms. The molecule has 0 bridgehead atoms. The Hall–Kier alpha value is -1.26. The smallest absolute Gasteiger partial charge is 0.159 e. The van der Waals surface area contributed by atoms with Gasteiger partial charge in [0.2, 0.25) is 0 Å². The van der Waals surface area contributed by atoms with Crippen LogP contribution in [0, 0.1) is 0 Å². The number of ether oxygens (including phenoxy) is 1. The van der Waals surface area contributed by atoms with E-state index in [0.717, 1.165) is 26.4 Å². The fourth-order valence-corrected chi connectivity index (χ4v) is 2.71. The third-order valence-electron chi connectivity index (χ3n) is 2.67. The number of ketones is 1. The van der Waals surface area contributed by atoms with Crippen molar-refractivity contribution in [1.29, 1.82) is 0 Å². The molecule has 0 spiro atoms. The van der Waals surface area contributed by atoms with Crippen LogP contribution >= 0.6 is 27.7 Å². The second kappa shape index (κ2) is 7.50. The zero-order valence-corrected chi connectivity index (χ0v) is 13.5. The SMILES string of the molecule is CC(=O)c1cccc(SCCOc2ccc(Br)cc2)c1. The van der Waals surface area contributed by atoms with Crippen LogP contribution in [0.4, 0.5) is 0 Å². The number of rotatable bonds is 6. The molecule has 0 aliphatic carbocycles. The van der Waals surface area contributed by atoms with Crippen LogP contribution in [0.3, 0.4) is 0 Å². The molecule has 0 radical (unpaired) electrons. The van der Waals surface area contributed by atoms with Crippen molar-refractivity contribution in [2.24, 2.45) is 0 Å². The molecule has 0 fully saturated rings. The largest absolute Gasteiger partial charge is 0.493 e. The molecule has 2 aromatic carbocycles. The maximum atomic E-state index is 11.3. The minimum Gasteiger partial charge on any atom is -0.493 e. The van der Waals surface area contributed by atoms with Crippen LogP contribution in [-0.4, -0.2) is 18.1 Å². The van der Waals surface area contributed by atoms with Crippen molar-refractivity contribution in [2.75, 3.05) is 12.4 Å². The highest BCUT2D eigenvalue weighted by Crippen LogP contribution is 2.20. The zero-order chi connectivity index (χ0) is 14.4. The lowest BCUT2D eigenvalue weighted by Gasteiger charge is -2.06. The van der Waals surface area contributed by atoms with E-state index in [0.29, 0.717) is 6.61 Å². The van der Waals surface area contributed by atoms with Gasteiger partial charge in [-0.25, -0.2) is 0 Å². The van der Waals surface area contributed by atoms with Gasteiger partial charge in [0.1, 0.15) is 5.75 Å². The molecule has 0 N–H and O–H groups in total. The molecule has 0 heterocycles. The summed E-state index contributed by atoms with van der Waals surface area (Å²) < 4.78 is 6.69. The van der Waals surface area contributed by atoms with Gasteiger partial charge in [-0.15, -0.1) is 11.8 Å². The molecule has 0 aliphatic heterocycles. The quantitative estimate of drug-likeness (QED) is 0.424. The minimum atomic E-state index is 0.0959. The number of hydrogen-bond acceptors (Lipinski definition) is 3. The molecule has 2 aromatic rings. The Labute approximate surface area is 131 Å². The summed E-state index contributed by atoms with van der Waals surface area (Å²) in [6.45, 7) is 2.22. The summed E-state index contributed by atoms with van der Waals surface area (Å²) in [6.07, 6.45) is 0. The molecule has 0 aliphatic rings. The molecular formula is C16H15BrO2S. The number of carbonyl (C=O) groups is 1. The number of thioether (sulfide) groups is 1. The fourth-order valence-electron chi connectivity index (χ4n) is 1.65. The second-order valence-corrected chi connectivity index (χ2v) is 6.32. The van der Waals surface area contributed by atoms with Crippen LogP contribution in [0.15, 0.2) is 57.9 Å². The number of halogens is 1. The van der Waals surface area contributed by atoms with Gasteiger partial charge in [0.15, 0.2) is 5.78 Å². The Morgan fingerprint density at radius 2 is 1.95 bits per heavy atom. The van der Waals surface area contributed by atoms with E-state index in [2.05, 4.69) is 15.9 Å². The summed E-state index contributed by atoms with van der Waals surface area (Å²) >= 11 is 5.08. The average molecular weight is 351 g/mol. The van der Waals surface area contributed by atoms with E-state index in [9.17, 15) is 4.79 Å². The Kier molecular flexibility index (Phi) is 5.68.